The molecule has 7 heteroatoms. The average molecular weight is 393 g/mol. The molecule has 0 unspecified atom stereocenters. The largest absolute Gasteiger partial charge is 0.497 e. The van der Waals surface area contributed by atoms with Crippen LogP contribution < -0.4 is 14.8 Å². The number of methoxy groups -OCH3 is 1. The first-order chi connectivity index (χ1) is 13.6. The third-order valence-electron chi connectivity index (χ3n) is 3.88. The number of nitriles is 1. The molecule has 0 fully saturated rings. The standard InChI is InChI=1S/C21H19N3O3S/c1-3-27-18-8-7-14-9-15(12-22)21(24-19(14)11-18)28-13-20(25)23-16-5-4-6-17(10-16)26-2/h4-11H,3,13H2,1-2H3,(H,23,25). The Kier molecular flexibility index (Phi) is 6.35. The number of carbonyl (C=O) groups excluding carboxylic acids is 1. The normalized spacial score (nSPS) is 10.3. The summed E-state index contributed by atoms with van der Waals surface area (Å²) in [4.78, 5) is 16.8. The van der Waals surface area contributed by atoms with Gasteiger partial charge in [-0.2, -0.15) is 5.26 Å². The van der Waals surface area contributed by atoms with Gasteiger partial charge in [-0.05, 0) is 37.3 Å². The van der Waals surface area contributed by atoms with E-state index in [2.05, 4.69) is 16.4 Å². The van der Waals surface area contributed by atoms with Crippen molar-refractivity contribution in [2.75, 3.05) is 24.8 Å². The maximum atomic E-state index is 12.3. The molecule has 0 radical (unpaired) electrons. The highest BCUT2D eigenvalue weighted by Gasteiger charge is 2.11. The molecule has 0 saturated heterocycles. The summed E-state index contributed by atoms with van der Waals surface area (Å²) in [6.45, 7) is 2.48. The second-order valence-corrected chi connectivity index (χ2v) is 6.77. The van der Waals surface area contributed by atoms with Gasteiger partial charge in [0.15, 0.2) is 0 Å². The molecule has 0 aliphatic carbocycles. The molecule has 1 amide bonds. The highest BCUT2D eigenvalue weighted by Crippen LogP contribution is 2.27. The number of carbonyl (C=O) groups is 1. The van der Waals surface area contributed by atoms with Crippen molar-refractivity contribution in [3.63, 3.8) is 0 Å². The molecule has 28 heavy (non-hydrogen) atoms. The van der Waals surface area contributed by atoms with E-state index in [1.54, 1.807) is 37.4 Å². The number of anilines is 1. The van der Waals surface area contributed by atoms with Crippen LogP contribution >= 0.6 is 11.8 Å². The summed E-state index contributed by atoms with van der Waals surface area (Å²) in [6.07, 6.45) is 0. The van der Waals surface area contributed by atoms with Gasteiger partial charge in [0, 0.05) is 23.2 Å². The number of aromatic nitrogens is 1. The third kappa shape index (κ3) is 4.72. The van der Waals surface area contributed by atoms with Crippen molar-refractivity contribution < 1.29 is 14.3 Å². The van der Waals surface area contributed by atoms with E-state index in [1.807, 2.05) is 25.1 Å². The van der Waals surface area contributed by atoms with Gasteiger partial charge in [0.2, 0.25) is 5.91 Å². The van der Waals surface area contributed by atoms with Gasteiger partial charge in [0.25, 0.3) is 0 Å². The Morgan fingerprint density at radius 1 is 1.21 bits per heavy atom. The SMILES string of the molecule is CCOc1ccc2cc(C#N)c(SCC(=O)Nc3cccc(OC)c3)nc2c1. The lowest BCUT2D eigenvalue weighted by Gasteiger charge is -2.09. The first-order valence-electron chi connectivity index (χ1n) is 8.67. The Labute approximate surface area is 167 Å². The van der Waals surface area contributed by atoms with Crippen LogP contribution in [0.1, 0.15) is 12.5 Å². The molecular formula is C21H19N3O3S. The molecule has 0 atom stereocenters. The fourth-order valence-corrected chi connectivity index (χ4v) is 3.37. The van der Waals surface area contributed by atoms with Crippen molar-refractivity contribution >= 4 is 34.3 Å². The van der Waals surface area contributed by atoms with E-state index >= 15 is 0 Å². The molecule has 3 rings (SSSR count). The lowest BCUT2D eigenvalue weighted by atomic mass is 10.1. The van der Waals surface area contributed by atoms with Crippen LogP contribution in [-0.2, 0) is 4.79 Å². The van der Waals surface area contributed by atoms with Crippen molar-refractivity contribution in [3.8, 4) is 17.6 Å². The van der Waals surface area contributed by atoms with E-state index in [9.17, 15) is 10.1 Å². The first-order valence-corrected chi connectivity index (χ1v) is 9.66. The van der Waals surface area contributed by atoms with Crippen LogP contribution in [0.3, 0.4) is 0 Å². The van der Waals surface area contributed by atoms with Gasteiger partial charge in [0.05, 0.1) is 30.5 Å². The summed E-state index contributed by atoms with van der Waals surface area (Å²) in [5, 5.41) is 13.6. The molecule has 1 aromatic heterocycles. The Balaban J connectivity index is 1.74. The molecule has 3 aromatic rings. The average Bonchev–Trinajstić information content (AvgIpc) is 2.71. The maximum Gasteiger partial charge on any atom is 0.234 e. The molecule has 0 aliphatic rings. The zero-order valence-corrected chi connectivity index (χ0v) is 16.4. The fraction of sp³-hybridized carbons (Fsp3) is 0.190. The van der Waals surface area contributed by atoms with Crippen LogP contribution in [-0.4, -0.2) is 30.4 Å². The quantitative estimate of drug-likeness (QED) is 0.604. The molecule has 0 spiro atoms. The number of ether oxygens (including phenoxy) is 2. The smallest absolute Gasteiger partial charge is 0.234 e. The number of amides is 1. The van der Waals surface area contributed by atoms with Gasteiger partial charge in [-0.25, -0.2) is 4.98 Å². The number of rotatable bonds is 7. The summed E-state index contributed by atoms with van der Waals surface area (Å²) in [6, 6.07) is 16.6. The Hall–Kier alpha value is -3.24. The second-order valence-electron chi connectivity index (χ2n) is 5.81. The van der Waals surface area contributed by atoms with Crippen molar-refractivity contribution in [2.24, 2.45) is 0 Å². The summed E-state index contributed by atoms with van der Waals surface area (Å²) < 4.78 is 10.7. The third-order valence-corrected chi connectivity index (χ3v) is 4.87. The predicted octanol–water partition coefficient (Wildman–Crippen LogP) is 4.24. The minimum Gasteiger partial charge on any atom is -0.497 e. The van der Waals surface area contributed by atoms with E-state index < -0.39 is 0 Å². The van der Waals surface area contributed by atoms with Gasteiger partial charge in [0.1, 0.15) is 22.6 Å². The number of nitrogens with one attached hydrogen (secondary N) is 1. The van der Waals surface area contributed by atoms with Crippen molar-refractivity contribution in [2.45, 2.75) is 11.9 Å². The molecule has 0 bridgehead atoms. The fourth-order valence-electron chi connectivity index (χ4n) is 2.61. The zero-order chi connectivity index (χ0) is 19.9. The van der Waals surface area contributed by atoms with Crippen LogP contribution in [0.2, 0.25) is 0 Å². The summed E-state index contributed by atoms with van der Waals surface area (Å²) >= 11 is 1.23. The molecule has 0 saturated carbocycles. The van der Waals surface area contributed by atoms with Crippen LogP contribution in [0, 0.1) is 11.3 Å². The Morgan fingerprint density at radius 3 is 2.82 bits per heavy atom. The molecule has 1 N–H and O–H groups in total. The Morgan fingerprint density at radius 2 is 2.07 bits per heavy atom. The topological polar surface area (TPSA) is 84.2 Å². The molecule has 2 aromatic carbocycles. The summed E-state index contributed by atoms with van der Waals surface area (Å²) in [5.41, 5.74) is 1.81. The van der Waals surface area contributed by atoms with Gasteiger partial charge in [-0.3, -0.25) is 4.79 Å². The van der Waals surface area contributed by atoms with Crippen molar-refractivity contribution in [1.82, 2.24) is 4.98 Å². The lowest BCUT2D eigenvalue weighted by molar-refractivity contribution is -0.113. The molecule has 6 nitrogen and oxygen atoms in total. The number of fused-ring (bicyclic) bond motifs is 1. The van der Waals surface area contributed by atoms with Gasteiger partial charge in [-0.15, -0.1) is 0 Å². The number of benzene rings is 2. The number of thioether (sulfide) groups is 1. The van der Waals surface area contributed by atoms with E-state index in [-0.39, 0.29) is 11.7 Å². The van der Waals surface area contributed by atoms with Crippen LogP contribution in [0.4, 0.5) is 5.69 Å². The second kappa shape index (κ2) is 9.11. The number of hydrogen-bond donors (Lipinski definition) is 1. The first kappa shape index (κ1) is 19.5. The van der Waals surface area contributed by atoms with Gasteiger partial charge in [-0.1, -0.05) is 17.8 Å². The van der Waals surface area contributed by atoms with Crippen molar-refractivity contribution in [1.29, 1.82) is 5.26 Å². The number of pyridine rings is 1. The highest BCUT2D eigenvalue weighted by atomic mass is 32.2. The lowest BCUT2D eigenvalue weighted by Crippen LogP contribution is -2.14. The predicted molar refractivity (Wildman–Crippen MR) is 110 cm³/mol. The minimum atomic E-state index is -0.188. The van der Waals surface area contributed by atoms with Gasteiger partial charge >= 0.3 is 0 Å². The van der Waals surface area contributed by atoms with E-state index in [1.165, 1.54) is 11.8 Å². The summed E-state index contributed by atoms with van der Waals surface area (Å²) in [7, 11) is 1.57. The van der Waals surface area contributed by atoms with Gasteiger partial charge < -0.3 is 14.8 Å². The molecule has 0 aliphatic heterocycles. The van der Waals surface area contributed by atoms with Crippen LogP contribution in [0.15, 0.2) is 53.6 Å². The van der Waals surface area contributed by atoms with E-state index in [0.29, 0.717) is 28.6 Å². The van der Waals surface area contributed by atoms with E-state index in [0.717, 1.165) is 16.7 Å². The van der Waals surface area contributed by atoms with Crippen molar-refractivity contribution in [3.05, 3.63) is 54.1 Å². The minimum absolute atomic E-state index is 0.134. The van der Waals surface area contributed by atoms with Crippen LogP contribution in [0.5, 0.6) is 11.5 Å². The van der Waals surface area contributed by atoms with Crippen LogP contribution in [0.25, 0.3) is 10.9 Å². The Bertz CT molecular complexity index is 1050. The molecule has 1 heterocycles. The molecular weight excluding hydrogens is 374 g/mol. The molecule has 142 valence electrons. The highest BCUT2D eigenvalue weighted by molar-refractivity contribution is 8.00. The monoisotopic (exact) mass is 393 g/mol. The number of hydrogen-bond acceptors (Lipinski definition) is 6. The van der Waals surface area contributed by atoms with E-state index in [4.69, 9.17) is 9.47 Å². The summed E-state index contributed by atoms with van der Waals surface area (Å²) in [5.74, 6) is 1.33. The zero-order valence-electron chi connectivity index (χ0n) is 15.6. The number of nitrogens with zero attached hydrogens (tertiary/aromatic N) is 2. The maximum absolute atomic E-state index is 12.3.